The Morgan fingerprint density at radius 2 is 1.69 bits per heavy atom. The fourth-order valence-corrected chi connectivity index (χ4v) is 9.98. The first kappa shape index (κ1) is 41.8. The SMILES string of the molecule is CC(=O)COc1cc2cc(Nc3nc(N4CCC(N5CCCN(C6CCN(c7ccc8c(c7)CN(C7CCC(=O)NC7=O)C8=O)C6)C5)CC4)ncc3Cl)ccc2n(C(C)C)c1=O. The van der Waals surface area contributed by atoms with Crippen molar-refractivity contribution in [1.82, 2.24) is 34.6 Å². The molecule has 0 saturated carbocycles. The topological polar surface area (TPSA) is 166 Å². The van der Waals surface area contributed by atoms with Gasteiger partial charge in [0.1, 0.15) is 17.7 Å². The van der Waals surface area contributed by atoms with Gasteiger partial charge in [-0.25, -0.2) is 4.98 Å². The van der Waals surface area contributed by atoms with E-state index in [4.69, 9.17) is 21.3 Å². The quantitative estimate of drug-likeness (QED) is 0.200. The number of anilines is 4. The number of carbonyl (C=O) groups is 4. The van der Waals surface area contributed by atoms with E-state index in [1.807, 2.05) is 44.2 Å². The average molecular weight is 865 g/mol. The van der Waals surface area contributed by atoms with Gasteiger partial charge in [-0.05, 0) is 101 Å². The Balaban J connectivity index is 0.801. The van der Waals surface area contributed by atoms with Gasteiger partial charge in [0.25, 0.3) is 11.5 Å². The number of hydrogen-bond acceptors (Lipinski definition) is 13. The first-order chi connectivity index (χ1) is 29.9. The number of imide groups is 1. The average Bonchev–Trinajstić information content (AvgIpc) is 3.89. The Labute approximate surface area is 365 Å². The van der Waals surface area contributed by atoms with Crippen molar-refractivity contribution in [2.45, 2.75) is 90.0 Å². The maximum absolute atomic E-state index is 13.3. The Bertz CT molecular complexity index is 2490. The molecule has 0 bridgehead atoms. The van der Waals surface area contributed by atoms with E-state index in [1.165, 1.54) is 6.92 Å². The van der Waals surface area contributed by atoms with E-state index in [1.54, 1.807) is 21.7 Å². The zero-order valence-electron chi connectivity index (χ0n) is 35.4. The molecule has 2 aromatic carbocycles. The van der Waals surface area contributed by atoms with Gasteiger partial charge < -0.3 is 29.3 Å². The van der Waals surface area contributed by atoms with E-state index in [0.29, 0.717) is 47.4 Å². The molecule has 4 aromatic rings. The molecule has 326 valence electrons. The lowest BCUT2D eigenvalue weighted by molar-refractivity contribution is -0.137. The third-order valence-corrected chi connectivity index (χ3v) is 13.3. The van der Waals surface area contributed by atoms with Gasteiger partial charge in [0.05, 0.1) is 18.4 Å². The standard InChI is InChI=1S/C45H53ClN10O6/c1-27(2)56-37-8-5-31(19-29(37)21-39(44(56)61)62-25-28(3)57)48-41-36(46)22-47-45(50-41)51-16-11-32(12-17-51)53-14-4-15-54(26-53)34-13-18-52(24-34)33-6-7-35-30(20-33)23-55(43(35)60)38-9-10-40(58)49-42(38)59/h5-8,19-22,27,32,34,38H,4,9-18,23-26H2,1-3H3,(H,47,48,50)(H,49,58,59). The summed E-state index contributed by atoms with van der Waals surface area (Å²) in [5.74, 6) is 0.255. The molecule has 7 heterocycles. The summed E-state index contributed by atoms with van der Waals surface area (Å²) >= 11 is 6.64. The molecule has 0 spiro atoms. The second-order valence-corrected chi connectivity index (χ2v) is 17.9. The molecule has 2 aromatic heterocycles. The van der Waals surface area contributed by atoms with Gasteiger partial charge in [0.15, 0.2) is 17.4 Å². The van der Waals surface area contributed by atoms with Gasteiger partial charge in [-0.15, -0.1) is 0 Å². The fourth-order valence-electron chi connectivity index (χ4n) is 9.84. The zero-order chi connectivity index (χ0) is 43.2. The van der Waals surface area contributed by atoms with Crippen molar-refractivity contribution in [3.05, 3.63) is 75.2 Å². The summed E-state index contributed by atoms with van der Waals surface area (Å²) in [5.41, 5.74) is 3.89. The highest BCUT2D eigenvalue weighted by Gasteiger charge is 2.40. The van der Waals surface area contributed by atoms with Gasteiger partial charge in [0, 0.05) is 92.7 Å². The summed E-state index contributed by atoms with van der Waals surface area (Å²) in [4.78, 5) is 83.3. The smallest absolute Gasteiger partial charge is 0.293 e. The van der Waals surface area contributed by atoms with E-state index in [0.717, 1.165) is 99.5 Å². The van der Waals surface area contributed by atoms with Crippen LogP contribution in [0.5, 0.6) is 5.75 Å². The first-order valence-electron chi connectivity index (χ1n) is 21.8. The minimum atomic E-state index is -0.613. The Morgan fingerprint density at radius 1 is 0.935 bits per heavy atom. The number of nitrogens with zero attached hydrogens (tertiary/aromatic N) is 8. The number of nitrogens with one attached hydrogen (secondary N) is 2. The van der Waals surface area contributed by atoms with E-state index in [9.17, 15) is 24.0 Å². The number of pyridine rings is 1. The Hall–Kier alpha value is -5.58. The van der Waals surface area contributed by atoms with Crippen LogP contribution in [0, 0.1) is 0 Å². The molecule has 62 heavy (non-hydrogen) atoms. The van der Waals surface area contributed by atoms with E-state index < -0.39 is 6.04 Å². The van der Waals surface area contributed by atoms with Gasteiger partial charge >= 0.3 is 0 Å². The second kappa shape index (κ2) is 17.3. The number of halogens is 1. The minimum Gasteiger partial charge on any atom is -0.480 e. The summed E-state index contributed by atoms with van der Waals surface area (Å²) in [7, 11) is 0. The lowest BCUT2D eigenvalue weighted by atomic mass is 10.0. The highest BCUT2D eigenvalue weighted by Crippen LogP contribution is 2.34. The largest absolute Gasteiger partial charge is 0.480 e. The molecular formula is C45H53ClN10O6. The summed E-state index contributed by atoms with van der Waals surface area (Å²) in [5, 5.41) is 6.92. The molecule has 4 fully saturated rings. The van der Waals surface area contributed by atoms with Gasteiger partial charge in [-0.2, -0.15) is 4.98 Å². The fraction of sp³-hybridized carbons (Fsp3) is 0.489. The summed E-state index contributed by atoms with van der Waals surface area (Å²) in [6.45, 7) is 12.1. The lowest BCUT2D eigenvalue weighted by Crippen LogP contribution is -2.55. The van der Waals surface area contributed by atoms with Crippen LogP contribution in [0.2, 0.25) is 5.02 Å². The molecule has 5 aliphatic rings. The molecule has 2 unspecified atom stereocenters. The van der Waals surface area contributed by atoms with Crippen molar-refractivity contribution >= 4 is 69.1 Å². The van der Waals surface area contributed by atoms with Crippen LogP contribution < -0.4 is 30.7 Å². The van der Waals surface area contributed by atoms with Gasteiger partial charge in [-0.3, -0.25) is 39.1 Å². The van der Waals surface area contributed by atoms with E-state index in [2.05, 4.69) is 41.3 Å². The van der Waals surface area contributed by atoms with Crippen molar-refractivity contribution in [2.75, 3.05) is 67.7 Å². The Morgan fingerprint density at radius 3 is 2.45 bits per heavy atom. The third-order valence-electron chi connectivity index (χ3n) is 13.0. The number of Topliss-reactive ketones (excluding diaryl/α,β-unsaturated/α-hetero) is 1. The van der Waals surface area contributed by atoms with Crippen LogP contribution in [-0.2, 0) is 20.9 Å². The monoisotopic (exact) mass is 864 g/mol. The molecular weight excluding hydrogens is 812 g/mol. The molecule has 2 N–H and O–H groups in total. The first-order valence-corrected chi connectivity index (χ1v) is 22.1. The number of carbonyl (C=O) groups excluding carboxylic acids is 4. The van der Waals surface area contributed by atoms with Gasteiger partial charge in [0.2, 0.25) is 17.8 Å². The van der Waals surface area contributed by atoms with Crippen LogP contribution in [0.4, 0.5) is 23.1 Å². The van der Waals surface area contributed by atoms with Gasteiger partial charge in [-0.1, -0.05) is 11.6 Å². The predicted molar refractivity (Wildman–Crippen MR) is 236 cm³/mol. The Kier molecular flexibility index (Phi) is 11.6. The molecule has 0 radical (unpaired) electrons. The molecule has 2 atom stereocenters. The molecule has 3 amide bonds. The molecule has 0 aliphatic carbocycles. The zero-order valence-corrected chi connectivity index (χ0v) is 36.2. The number of piperidine rings is 2. The molecule has 9 rings (SSSR count). The summed E-state index contributed by atoms with van der Waals surface area (Å²) in [6.07, 6.45) is 6.43. The number of rotatable bonds is 11. The lowest BCUT2D eigenvalue weighted by Gasteiger charge is -2.45. The maximum atomic E-state index is 13.3. The maximum Gasteiger partial charge on any atom is 0.293 e. The number of benzene rings is 2. The number of hydrogen-bond donors (Lipinski definition) is 2. The number of ether oxygens (including phenoxy) is 1. The molecule has 4 saturated heterocycles. The summed E-state index contributed by atoms with van der Waals surface area (Å²) in [6, 6.07) is 13.6. The second-order valence-electron chi connectivity index (χ2n) is 17.5. The number of aromatic nitrogens is 3. The molecule has 5 aliphatic heterocycles. The molecule has 17 heteroatoms. The van der Waals surface area contributed by atoms with Crippen molar-refractivity contribution in [1.29, 1.82) is 0 Å². The normalized spacial score (nSPS) is 21.6. The van der Waals surface area contributed by atoms with Crippen molar-refractivity contribution in [3.8, 4) is 5.75 Å². The van der Waals surface area contributed by atoms with E-state index >= 15 is 0 Å². The van der Waals surface area contributed by atoms with Crippen LogP contribution in [0.3, 0.4) is 0 Å². The van der Waals surface area contributed by atoms with Crippen LogP contribution >= 0.6 is 11.6 Å². The highest BCUT2D eigenvalue weighted by molar-refractivity contribution is 6.33. The number of fused-ring (bicyclic) bond motifs is 2. The molecule has 16 nitrogen and oxygen atoms in total. The van der Waals surface area contributed by atoms with Crippen LogP contribution in [0.15, 0.2) is 53.5 Å². The third kappa shape index (κ3) is 8.34. The van der Waals surface area contributed by atoms with Crippen LogP contribution in [0.25, 0.3) is 10.9 Å². The minimum absolute atomic E-state index is 0.123. The van der Waals surface area contributed by atoms with E-state index in [-0.39, 0.29) is 53.9 Å². The van der Waals surface area contributed by atoms with Crippen molar-refractivity contribution < 1.29 is 23.9 Å². The van der Waals surface area contributed by atoms with Crippen molar-refractivity contribution in [2.24, 2.45) is 0 Å². The number of ketones is 1. The highest BCUT2D eigenvalue weighted by atomic mass is 35.5. The predicted octanol–water partition coefficient (Wildman–Crippen LogP) is 4.71. The van der Waals surface area contributed by atoms with Crippen molar-refractivity contribution in [3.63, 3.8) is 0 Å². The van der Waals surface area contributed by atoms with Crippen LogP contribution in [-0.4, -0.2) is 123 Å². The van der Waals surface area contributed by atoms with Crippen LogP contribution in [0.1, 0.15) is 81.3 Å². The number of amides is 3. The summed E-state index contributed by atoms with van der Waals surface area (Å²) < 4.78 is 7.27.